The van der Waals surface area contributed by atoms with Crippen molar-refractivity contribution in [3.05, 3.63) is 35.9 Å². The molecule has 0 saturated carbocycles. The zero-order valence-electron chi connectivity index (χ0n) is 31.3. The van der Waals surface area contributed by atoms with Crippen LogP contribution < -0.4 is 5.32 Å². The van der Waals surface area contributed by atoms with Crippen LogP contribution in [0.15, 0.2) is 30.3 Å². The van der Waals surface area contributed by atoms with Gasteiger partial charge >= 0.3 is 13.2 Å². The average Bonchev–Trinajstić information content (AvgIpc) is 3.53. The molecule has 3 rings (SSSR count). The normalized spacial score (nSPS) is 23.0. The highest BCUT2D eigenvalue weighted by Crippen LogP contribution is 2.48. The molecule has 0 spiro atoms. The van der Waals surface area contributed by atoms with Gasteiger partial charge in [0, 0.05) is 24.9 Å². The van der Waals surface area contributed by atoms with Gasteiger partial charge in [-0.25, -0.2) is 4.79 Å². The predicted molar refractivity (Wildman–Crippen MR) is 188 cm³/mol. The number of rotatable bonds is 12. The lowest BCUT2D eigenvalue weighted by atomic mass is 9.75. The van der Waals surface area contributed by atoms with E-state index in [1.54, 1.807) is 9.80 Å². The van der Waals surface area contributed by atoms with E-state index in [2.05, 4.69) is 33.0 Å². The number of nitrogens with one attached hydrogen (secondary N) is 1. The summed E-state index contributed by atoms with van der Waals surface area (Å²) in [6, 6.07) is 9.33. The number of benzene rings is 1. The number of carbonyl (C=O) groups excluding carboxylic acids is 3. The lowest BCUT2D eigenvalue weighted by Gasteiger charge is -2.47. The van der Waals surface area contributed by atoms with E-state index in [-0.39, 0.29) is 49.1 Å². The Balaban J connectivity index is 2.06. The van der Waals surface area contributed by atoms with Crippen LogP contribution in [0.5, 0.6) is 0 Å². The third-order valence-corrected chi connectivity index (χ3v) is 10.3. The molecular weight excluding hydrogens is 593 g/mol. The van der Waals surface area contributed by atoms with E-state index in [1.165, 1.54) is 6.92 Å². The van der Waals surface area contributed by atoms with Crippen molar-refractivity contribution in [1.29, 1.82) is 0 Å². The third kappa shape index (κ3) is 8.18. The molecule has 0 unspecified atom stereocenters. The van der Waals surface area contributed by atoms with Crippen molar-refractivity contribution in [2.75, 3.05) is 13.1 Å². The summed E-state index contributed by atoms with van der Waals surface area (Å²) in [4.78, 5) is 45.5. The van der Waals surface area contributed by atoms with Gasteiger partial charge in [-0.1, -0.05) is 64.4 Å². The van der Waals surface area contributed by atoms with Gasteiger partial charge in [-0.15, -0.1) is 0 Å². The Kier molecular flexibility index (Phi) is 12.3. The SMILES string of the molecule is CCC1(CC)OB(CCC[C@H]2CN(C(=O)OC(C)(C)C)C[C@]2(C(=O)NC(C)(C)C)N(C(C)=O)[C@@H](C)c2ccccc2)OC1(CC)CC. The monoisotopic (exact) mass is 655 g/mol. The summed E-state index contributed by atoms with van der Waals surface area (Å²) < 4.78 is 19.3. The molecule has 3 amide bonds. The molecule has 2 aliphatic rings. The van der Waals surface area contributed by atoms with Gasteiger partial charge in [-0.05, 0) is 92.5 Å². The Hall–Kier alpha value is -2.59. The van der Waals surface area contributed by atoms with Gasteiger partial charge in [0.2, 0.25) is 11.8 Å². The minimum atomic E-state index is -1.34. The van der Waals surface area contributed by atoms with Gasteiger partial charge in [0.15, 0.2) is 0 Å². The predicted octanol–water partition coefficient (Wildman–Crippen LogP) is 7.55. The molecular formula is C37H62BN3O6. The van der Waals surface area contributed by atoms with E-state index in [9.17, 15) is 14.4 Å². The summed E-state index contributed by atoms with van der Waals surface area (Å²) in [7, 11) is -0.358. The van der Waals surface area contributed by atoms with Crippen molar-refractivity contribution < 1.29 is 28.4 Å². The fourth-order valence-electron chi connectivity index (χ4n) is 8.08. The molecule has 0 bridgehead atoms. The molecule has 1 N–H and O–H groups in total. The maximum absolute atomic E-state index is 14.7. The van der Waals surface area contributed by atoms with Gasteiger partial charge in [0.1, 0.15) is 11.1 Å². The van der Waals surface area contributed by atoms with Crippen molar-refractivity contribution >= 4 is 25.0 Å². The Morgan fingerprint density at radius 3 is 1.96 bits per heavy atom. The van der Waals surface area contributed by atoms with E-state index in [0.29, 0.717) is 19.2 Å². The summed E-state index contributed by atoms with van der Waals surface area (Å²) >= 11 is 0. The summed E-state index contributed by atoms with van der Waals surface area (Å²) in [6.07, 6.45) is 4.93. The second-order valence-electron chi connectivity index (χ2n) is 15.7. The second kappa shape index (κ2) is 14.9. The average molecular weight is 656 g/mol. The molecule has 264 valence electrons. The fraction of sp³-hybridized carbons (Fsp3) is 0.757. The van der Waals surface area contributed by atoms with Crippen LogP contribution in [0.4, 0.5) is 4.79 Å². The van der Waals surface area contributed by atoms with E-state index in [4.69, 9.17) is 14.0 Å². The van der Waals surface area contributed by atoms with E-state index in [1.807, 2.05) is 78.8 Å². The minimum Gasteiger partial charge on any atom is -0.444 e. The molecule has 10 heteroatoms. The molecule has 0 aromatic heterocycles. The topological polar surface area (TPSA) is 97.4 Å². The highest BCUT2D eigenvalue weighted by molar-refractivity contribution is 6.45. The number of hydrogen-bond acceptors (Lipinski definition) is 6. The molecule has 1 aromatic carbocycles. The van der Waals surface area contributed by atoms with E-state index in [0.717, 1.165) is 31.2 Å². The Morgan fingerprint density at radius 1 is 0.979 bits per heavy atom. The van der Waals surface area contributed by atoms with E-state index < -0.39 is 28.8 Å². The molecule has 2 aliphatic heterocycles. The van der Waals surface area contributed by atoms with Gasteiger partial charge in [-0.2, -0.15) is 0 Å². The molecule has 0 radical (unpaired) electrons. The van der Waals surface area contributed by atoms with Gasteiger partial charge in [0.05, 0.1) is 23.8 Å². The second-order valence-corrected chi connectivity index (χ2v) is 15.7. The molecule has 0 aliphatic carbocycles. The largest absolute Gasteiger partial charge is 0.457 e. The van der Waals surface area contributed by atoms with Gasteiger partial charge in [0.25, 0.3) is 0 Å². The quantitative estimate of drug-likeness (QED) is 0.234. The number of carbonyl (C=O) groups is 3. The summed E-state index contributed by atoms with van der Waals surface area (Å²) in [6.45, 7) is 23.8. The zero-order valence-corrected chi connectivity index (χ0v) is 31.3. The summed E-state index contributed by atoms with van der Waals surface area (Å²) in [5.74, 6) is -0.854. The van der Waals surface area contributed by atoms with Crippen molar-refractivity contribution in [1.82, 2.24) is 15.1 Å². The smallest absolute Gasteiger partial charge is 0.444 e. The highest BCUT2D eigenvalue weighted by atomic mass is 16.7. The van der Waals surface area contributed by atoms with Crippen LogP contribution in [0.2, 0.25) is 6.32 Å². The van der Waals surface area contributed by atoms with Crippen molar-refractivity contribution in [3.8, 4) is 0 Å². The van der Waals surface area contributed by atoms with Gasteiger partial charge < -0.3 is 29.2 Å². The zero-order chi connectivity index (χ0) is 35.4. The first kappa shape index (κ1) is 38.9. The molecule has 2 saturated heterocycles. The third-order valence-electron chi connectivity index (χ3n) is 10.3. The van der Waals surface area contributed by atoms with Crippen molar-refractivity contribution in [3.63, 3.8) is 0 Å². The fourth-order valence-corrected chi connectivity index (χ4v) is 8.08. The lowest BCUT2D eigenvalue weighted by Crippen LogP contribution is -2.67. The van der Waals surface area contributed by atoms with Crippen LogP contribution >= 0.6 is 0 Å². The summed E-state index contributed by atoms with van der Waals surface area (Å²) in [5.41, 5.74) is -2.37. The Morgan fingerprint density at radius 2 is 1.51 bits per heavy atom. The first-order valence-electron chi connectivity index (χ1n) is 17.8. The maximum Gasteiger partial charge on any atom is 0.457 e. The highest BCUT2D eigenvalue weighted by Gasteiger charge is 2.61. The Bertz CT molecular complexity index is 1200. The van der Waals surface area contributed by atoms with E-state index >= 15 is 0 Å². The Labute approximate surface area is 285 Å². The summed E-state index contributed by atoms with van der Waals surface area (Å²) in [5, 5.41) is 3.20. The first-order valence-corrected chi connectivity index (χ1v) is 17.8. The van der Waals surface area contributed by atoms with Crippen LogP contribution in [0.25, 0.3) is 0 Å². The van der Waals surface area contributed by atoms with Crippen LogP contribution in [0.3, 0.4) is 0 Å². The molecule has 3 atom stereocenters. The number of likely N-dealkylation sites (tertiary alicyclic amines) is 1. The standard InChI is InChI=1S/C37H62BN3O6/c1-13-35(14-2)36(15-3,16-4)47-38(46-35)24-20-23-30-25-40(32(44)45-34(10,11)12)26-37(30,31(43)39-33(7,8)9)41(28(6)42)27(5)29-21-18-17-19-22-29/h17-19,21-22,27,30H,13-16,20,23-26H2,1-12H3,(H,39,43)/t27-,30-,37-/m0/s1. The number of nitrogens with zero attached hydrogens (tertiary/aromatic N) is 2. The molecule has 2 fully saturated rings. The number of hydrogen-bond donors (Lipinski definition) is 1. The van der Waals surface area contributed by atoms with Crippen LogP contribution in [0, 0.1) is 5.92 Å². The van der Waals surface area contributed by atoms with Crippen LogP contribution in [0.1, 0.15) is 133 Å². The molecule has 2 heterocycles. The molecule has 1 aromatic rings. The van der Waals surface area contributed by atoms with Crippen LogP contribution in [-0.2, 0) is 23.6 Å². The van der Waals surface area contributed by atoms with Crippen molar-refractivity contribution in [2.24, 2.45) is 5.92 Å². The number of ether oxygens (including phenoxy) is 1. The van der Waals surface area contributed by atoms with Crippen LogP contribution in [-0.4, -0.2) is 75.8 Å². The first-order chi connectivity index (χ1) is 21.8. The minimum absolute atomic E-state index is 0.0330. The lowest BCUT2D eigenvalue weighted by molar-refractivity contribution is -0.153. The maximum atomic E-state index is 14.7. The number of amides is 3. The van der Waals surface area contributed by atoms with Crippen molar-refractivity contribution in [2.45, 2.75) is 162 Å². The molecule has 47 heavy (non-hydrogen) atoms. The van der Waals surface area contributed by atoms with Gasteiger partial charge in [-0.3, -0.25) is 9.59 Å². The molecule has 9 nitrogen and oxygen atoms in total.